The monoisotopic (exact) mass is 330 g/mol. The first-order valence-electron chi connectivity index (χ1n) is 9.14. The molecule has 0 bridgehead atoms. The third-order valence-corrected chi connectivity index (χ3v) is 6.10. The Balaban J connectivity index is 0.000000149. The second kappa shape index (κ2) is 6.96. The molecule has 4 nitrogen and oxygen atoms in total. The Morgan fingerprint density at radius 2 is 1.08 bits per heavy atom. The summed E-state index contributed by atoms with van der Waals surface area (Å²) in [6.07, 6.45) is 15.2. The molecule has 1 aromatic carbocycles. The smallest absolute Gasteiger partial charge is 0.335 e. The van der Waals surface area contributed by atoms with Crippen LogP contribution >= 0.6 is 0 Å². The van der Waals surface area contributed by atoms with Gasteiger partial charge in [-0.15, -0.1) is 0 Å². The van der Waals surface area contributed by atoms with E-state index in [-0.39, 0.29) is 11.1 Å². The van der Waals surface area contributed by atoms with Crippen molar-refractivity contribution in [2.24, 2.45) is 5.41 Å². The average Bonchev–Trinajstić information content (AvgIpc) is 2.96. The van der Waals surface area contributed by atoms with Crippen LogP contribution in [-0.2, 0) is 12.8 Å². The van der Waals surface area contributed by atoms with Crippen molar-refractivity contribution in [3.05, 3.63) is 34.4 Å². The second-order valence-electron chi connectivity index (χ2n) is 7.50. The van der Waals surface area contributed by atoms with Gasteiger partial charge in [0, 0.05) is 0 Å². The Labute approximate surface area is 142 Å². The molecule has 4 heteroatoms. The van der Waals surface area contributed by atoms with Gasteiger partial charge in [-0.2, -0.15) is 0 Å². The minimum absolute atomic E-state index is 0.233. The van der Waals surface area contributed by atoms with Crippen LogP contribution in [0.2, 0.25) is 0 Å². The number of rotatable bonds is 2. The zero-order valence-corrected chi connectivity index (χ0v) is 14.1. The predicted molar refractivity (Wildman–Crippen MR) is 91.8 cm³/mol. The van der Waals surface area contributed by atoms with E-state index in [0.29, 0.717) is 24.0 Å². The van der Waals surface area contributed by atoms with Crippen molar-refractivity contribution in [2.75, 3.05) is 0 Å². The van der Waals surface area contributed by atoms with Crippen LogP contribution in [0.4, 0.5) is 0 Å². The summed E-state index contributed by atoms with van der Waals surface area (Å²) in [7, 11) is 0. The van der Waals surface area contributed by atoms with Crippen LogP contribution in [0.5, 0.6) is 0 Å². The lowest BCUT2D eigenvalue weighted by atomic mass is 9.73. The van der Waals surface area contributed by atoms with Gasteiger partial charge in [-0.25, -0.2) is 9.59 Å². The van der Waals surface area contributed by atoms with Crippen molar-refractivity contribution in [2.45, 2.75) is 70.6 Å². The lowest BCUT2D eigenvalue weighted by Crippen LogP contribution is -2.19. The van der Waals surface area contributed by atoms with E-state index < -0.39 is 11.9 Å². The topological polar surface area (TPSA) is 74.6 Å². The van der Waals surface area contributed by atoms with Crippen LogP contribution in [0.1, 0.15) is 89.6 Å². The predicted octanol–water partition coefficient (Wildman–Crippen LogP) is 4.69. The summed E-state index contributed by atoms with van der Waals surface area (Å²) < 4.78 is 0. The molecule has 3 aliphatic carbocycles. The molecule has 1 spiro atoms. The van der Waals surface area contributed by atoms with E-state index >= 15 is 0 Å². The van der Waals surface area contributed by atoms with Crippen molar-refractivity contribution in [3.8, 4) is 0 Å². The molecule has 0 radical (unpaired) electrons. The molecule has 0 atom stereocenters. The Hall–Kier alpha value is -1.84. The first kappa shape index (κ1) is 17.0. The maximum Gasteiger partial charge on any atom is 0.335 e. The maximum atomic E-state index is 10.7. The van der Waals surface area contributed by atoms with Gasteiger partial charge < -0.3 is 10.2 Å². The van der Waals surface area contributed by atoms with E-state index in [2.05, 4.69) is 0 Å². The summed E-state index contributed by atoms with van der Waals surface area (Å²) in [5.74, 6) is -1.98. The van der Waals surface area contributed by atoms with E-state index in [9.17, 15) is 9.59 Å². The van der Waals surface area contributed by atoms with Gasteiger partial charge >= 0.3 is 11.9 Å². The lowest BCUT2D eigenvalue weighted by Gasteiger charge is -2.32. The number of hydrogen-bond donors (Lipinski definition) is 2. The maximum absolute atomic E-state index is 10.7. The summed E-state index contributed by atoms with van der Waals surface area (Å²) in [6.45, 7) is 0. The number of benzene rings is 1. The van der Waals surface area contributed by atoms with E-state index in [0.717, 1.165) is 5.41 Å². The van der Waals surface area contributed by atoms with Crippen LogP contribution in [0, 0.1) is 5.41 Å². The fourth-order valence-electron chi connectivity index (χ4n) is 4.66. The van der Waals surface area contributed by atoms with Crippen LogP contribution in [0.15, 0.2) is 12.1 Å². The van der Waals surface area contributed by atoms with Crippen molar-refractivity contribution in [1.82, 2.24) is 0 Å². The first-order valence-corrected chi connectivity index (χ1v) is 9.14. The lowest BCUT2D eigenvalue weighted by molar-refractivity contribution is 0.0677. The largest absolute Gasteiger partial charge is 0.478 e. The first-order chi connectivity index (χ1) is 11.5. The molecule has 0 heterocycles. The molecule has 130 valence electrons. The zero-order chi connectivity index (χ0) is 17.2. The highest BCUT2D eigenvalue weighted by atomic mass is 16.4. The third-order valence-electron chi connectivity index (χ3n) is 6.10. The molecule has 24 heavy (non-hydrogen) atoms. The van der Waals surface area contributed by atoms with Crippen molar-refractivity contribution in [1.29, 1.82) is 0 Å². The van der Waals surface area contributed by atoms with Gasteiger partial charge in [0.25, 0.3) is 0 Å². The van der Waals surface area contributed by atoms with Gasteiger partial charge in [0.1, 0.15) is 0 Å². The number of aromatic carboxylic acids is 2. The molecular formula is C20H26O4. The highest BCUT2D eigenvalue weighted by Crippen LogP contribution is 2.48. The van der Waals surface area contributed by atoms with Gasteiger partial charge in [0.2, 0.25) is 0 Å². The van der Waals surface area contributed by atoms with Crippen molar-refractivity contribution >= 4 is 11.9 Å². The Bertz CT molecular complexity index is 592. The van der Waals surface area contributed by atoms with Crippen LogP contribution < -0.4 is 0 Å². The molecule has 4 rings (SSSR count). The molecule has 0 unspecified atom stereocenters. The second-order valence-corrected chi connectivity index (χ2v) is 7.50. The molecule has 2 saturated carbocycles. The van der Waals surface area contributed by atoms with Gasteiger partial charge in [0.05, 0.1) is 11.1 Å². The Morgan fingerprint density at radius 3 is 1.42 bits per heavy atom. The minimum atomic E-state index is -0.988. The fraction of sp³-hybridized carbons (Fsp3) is 0.600. The average molecular weight is 330 g/mol. The van der Waals surface area contributed by atoms with E-state index in [1.165, 1.54) is 44.2 Å². The van der Waals surface area contributed by atoms with Crippen molar-refractivity contribution in [3.63, 3.8) is 0 Å². The highest BCUT2D eigenvalue weighted by Gasteiger charge is 2.34. The van der Waals surface area contributed by atoms with Crippen LogP contribution in [0.25, 0.3) is 0 Å². The number of hydrogen-bond acceptors (Lipinski definition) is 2. The summed E-state index contributed by atoms with van der Waals surface area (Å²) >= 11 is 0. The zero-order valence-electron chi connectivity index (χ0n) is 14.1. The van der Waals surface area contributed by atoms with Gasteiger partial charge in [-0.05, 0) is 67.2 Å². The molecular weight excluding hydrogens is 304 g/mol. The number of fused-ring (bicyclic) bond motifs is 1. The normalized spacial score (nSPS) is 20.5. The standard InChI is InChI=1S/C10H8O4.C10H18/c11-9(12)7-3-4-8(10(13)14)6-2-1-5(6)7;1-2-6-10(7-3-1)8-4-5-9-10/h3-4H,1-2H2,(H,11,12)(H,13,14);1-9H2. The molecule has 2 fully saturated rings. The fourth-order valence-corrected chi connectivity index (χ4v) is 4.66. The van der Waals surface area contributed by atoms with Crippen LogP contribution in [-0.4, -0.2) is 22.2 Å². The highest BCUT2D eigenvalue weighted by molar-refractivity contribution is 5.96. The summed E-state index contributed by atoms with van der Waals surface area (Å²) in [4.78, 5) is 21.5. The van der Waals surface area contributed by atoms with E-state index in [1.54, 1.807) is 25.7 Å². The van der Waals surface area contributed by atoms with Gasteiger partial charge in [-0.3, -0.25) is 0 Å². The number of carboxylic acid groups (broad SMARTS) is 2. The number of carbonyl (C=O) groups is 2. The quantitative estimate of drug-likeness (QED) is 0.824. The molecule has 0 aliphatic heterocycles. The van der Waals surface area contributed by atoms with Crippen molar-refractivity contribution < 1.29 is 19.8 Å². The number of carboxylic acids is 2. The summed E-state index contributed by atoms with van der Waals surface area (Å²) in [6, 6.07) is 2.73. The molecule has 1 aromatic rings. The third kappa shape index (κ3) is 3.33. The summed E-state index contributed by atoms with van der Waals surface area (Å²) in [5, 5.41) is 17.6. The molecule has 2 N–H and O–H groups in total. The Morgan fingerprint density at radius 1 is 0.708 bits per heavy atom. The van der Waals surface area contributed by atoms with E-state index in [1.807, 2.05) is 0 Å². The van der Waals surface area contributed by atoms with Crippen LogP contribution in [0.3, 0.4) is 0 Å². The van der Waals surface area contributed by atoms with E-state index in [4.69, 9.17) is 10.2 Å². The SMILES string of the molecule is C1CCC2(CC1)CCCC2.O=C(O)c1ccc(C(=O)O)c2c1CC2. The minimum Gasteiger partial charge on any atom is -0.478 e. The van der Waals surface area contributed by atoms with Gasteiger partial charge in [-0.1, -0.05) is 32.1 Å². The molecule has 0 aromatic heterocycles. The van der Waals surface area contributed by atoms with Gasteiger partial charge in [0.15, 0.2) is 0 Å². The molecule has 0 amide bonds. The Kier molecular flexibility index (Phi) is 4.93. The summed E-state index contributed by atoms with van der Waals surface area (Å²) in [5.41, 5.74) is 2.69. The molecule has 3 aliphatic rings. The molecule has 0 saturated heterocycles.